The summed E-state index contributed by atoms with van der Waals surface area (Å²) in [5.74, 6) is 1.19. The monoisotopic (exact) mass is 290 g/mol. The molecule has 0 aliphatic rings. The average molecular weight is 290 g/mol. The Morgan fingerprint density at radius 3 is 2.86 bits per heavy atom. The van der Waals surface area contributed by atoms with Crippen molar-refractivity contribution in [3.05, 3.63) is 52.5 Å². The molecule has 1 N–H and O–H groups in total. The van der Waals surface area contributed by atoms with Crippen LogP contribution in [0.4, 0.5) is 11.4 Å². The molecule has 1 aromatic heterocycles. The van der Waals surface area contributed by atoms with Gasteiger partial charge in [0, 0.05) is 24.2 Å². The highest BCUT2D eigenvalue weighted by Crippen LogP contribution is 2.30. The molecule has 0 radical (unpaired) electrons. The van der Waals surface area contributed by atoms with Gasteiger partial charge in [-0.2, -0.15) is 0 Å². The van der Waals surface area contributed by atoms with Crippen molar-refractivity contribution in [1.82, 2.24) is 0 Å². The van der Waals surface area contributed by atoms with Crippen LogP contribution in [0, 0.1) is 10.1 Å². The molecule has 1 heterocycles. The molecule has 2 aromatic rings. The van der Waals surface area contributed by atoms with E-state index in [0.717, 1.165) is 18.6 Å². The molecule has 21 heavy (non-hydrogen) atoms. The highest BCUT2D eigenvalue weighted by molar-refractivity contribution is 5.58. The third kappa shape index (κ3) is 3.98. The average Bonchev–Trinajstić information content (AvgIpc) is 2.98. The van der Waals surface area contributed by atoms with Crippen molar-refractivity contribution in [3.8, 4) is 5.75 Å². The zero-order valence-corrected chi connectivity index (χ0v) is 12.0. The molecule has 0 spiro atoms. The van der Waals surface area contributed by atoms with Gasteiger partial charge in [0.2, 0.25) is 0 Å². The Labute approximate surface area is 122 Å². The highest BCUT2D eigenvalue weighted by Gasteiger charge is 2.15. The van der Waals surface area contributed by atoms with Gasteiger partial charge in [0.25, 0.3) is 0 Å². The zero-order valence-electron chi connectivity index (χ0n) is 12.0. The quantitative estimate of drug-likeness (QED) is 0.622. The minimum Gasteiger partial charge on any atom is -0.490 e. The standard InChI is InChI=1S/C15H18N2O4/c1-11(5-7-13-4-3-9-21-13)16-12-6-8-15(20-2)14(10-12)17(18)19/h3-4,6,8-11,16H,5,7H2,1-2H3. The van der Waals surface area contributed by atoms with Gasteiger partial charge in [0.1, 0.15) is 5.76 Å². The predicted octanol–water partition coefficient (Wildman–Crippen LogP) is 3.63. The van der Waals surface area contributed by atoms with Gasteiger partial charge in [-0.05, 0) is 37.6 Å². The molecule has 0 saturated heterocycles. The molecule has 6 heteroatoms. The fourth-order valence-corrected chi connectivity index (χ4v) is 2.09. The molecular weight excluding hydrogens is 272 g/mol. The number of nitrogens with one attached hydrogen (secondary N) is 1. The first-order valence-electron chi connectivity index (χ1n) is 6.71. The van der Waals surface area contributed by atoms with E-state index < -0.39 is 4.92 Å². The van der Waals surface area contributed by atoms with Crippen molar-refractivity contribution in [1.29, 1.82) is 0 Å². The van der Waals surface area contributed by atoms with Gasteiger partial charge in [0.05, 0.1) is 18.3 Å². The number of hydrogen-bond acceptors (Lipinski definition) is 5. The lowest BCUT2D eigenvalue weighted by atomic mass is 10.1. The first kappa shape index (κ1) is 14.9. The van der Waals surface area contributed by atoms with Gasteiger partial charge in [-0.15, -0.1) is 0 Å². The van der Waals surface area contributed by atoms with Crippen LogP contribution in [0.1, 0.15) is 19.1 Å². The van der Waals surface area contributed by atoms with Crippen molar-refractivity contribution in [2.75, 3.05) is 12.4 Å². The number of nitrogens with zero attached hydrogens (tertiary/aromatic N) is 1. The van der Waals surface area contributed by atoms with Crippen molar-refractivity contribution in [3.63, 3.8) is 0 Å². The number of hydrogen-bond donors (Lipinski definition) is 1. The van der Waals surface area contributed by atoms with Crippen molar-refractivity contribution in [2.24, 2.45) is 0 Å². The Hall–Kier alpha value is -2.50. The number of aryl methyl sites for hydroxylation is 1. The van der Waals surface area contributed by atoms with Crippen LogP contribution in [-0.4, -0.2) is 18.1 Å². The van der Waals surface area contributed by atoms with Crippen molar-refractivity contribution < 1.29 is 14.1 Å². The highest BCUT2D eigenvalue weighted by atomic mass is 16.6. The van der Waals surface area contributed by atoms with Crippen LogP contribution >= 0.6 is 0 Å². The summed E-state index contributed by atoms with van der Waals surface area (Å²) in [5.41, 5.74) is 0.662. The molecule has 6 nitrogen and oxygen atoms in total. The first-order chi connectivity index (χ1) is 10.1. The molecular formula is C15H18N2O4. The number of anilines is 1. The number of nitro benzene ring substituents is 1. The van der Waals surface area contributed by atoms with Gasteiger partial charge >= 0.3 is 5.69 Å². The molecule has 1 unspecified atom stereocenters. The van der Waals surface area contributed by atoms with E-state index in [1.54, 1.807) is 18.4 Å². The summed E-state index contributed by atoms with van der Waals surface area (Å²) in [5, 5.41) is 14.2. The molecule has 0 fully saturated rings. The molecule has 112 valence electrons. The van der Waals surface area contributed by atoms with Crippen molar-refractivity contribution >= 4 is 11.4 Å². The van der Waals surface area contributed by atoms with Crippen LogP contribution in [0.5, 0.6) is 5.75 Å². The van der Waals surface area contributed by atoms with Gasteiger partial charge in [-0.25, -0.2) is 0 Å². The van der Waals surface area contributed by atoms with E-state index in [9.17, 15) is 10.1 Å². The fourth-order valence-electron chi connectivity index (χ4n) is 2.09. The van der Waals surface area contributed by atoms with E-state index in [1.807, 2.05) is 19.1 Å². The molecule has 0 bridgehead atoms. The second-order valence-electron chi connectivity index (χ2n) is 4.81. The lowest BCUT2D eigenvalue weighted by Gasteiger charge is -2.15. The Kier molecular flexibility index (Phi) is 4.81. The lowest BCUT2D eigenvalue weighted by Crippen LogP contribution is -2.16. The van der Waals surface area contributed by atoms with Gasteiger partial charge in [0.15, 0.2) is 5.75 Å². The Balaban J connectivity index is 1.98. The molecule has 0 aliphatic heterocycles. The van der Waals surface area contributed by atoms with Gasteiger partial charge < -0.3 is 14.5 Å². The molecule has 0 amide bonds. The Morgan fingerprint density at radius 2 is 2.24 bits per heavy atom. The van der Waals surface area contributed by atoms with E-state index in [-0.39, 0.29) is 17.5 Å². The van der Waals surface area contributed by atoms with E-state index in [2.05, 4.69) is 5.32 Å². The van der Waals surface area contributed by atoms with E-state index in [0.29, 0.717) is 5.69 Å². The molecule has 1 aromatic carbocycles. The van der Waals surface area contributed by atoms with Gasteiger partial charge in [-0.1, -0.05) is 0 Å². The van der Waals surface area contributed by atoms with Crippen LogP contribution in [-0.2, 0) is 6.42 Å². The summed E-state index contributed by atoms with van der Waals surface area (Å²) in [6.07, 6.45) is 3.34. The summed E-state index contributed by atoms with van der Waals surface area (Å²) in [7, 11) is 1.42. The van der Waals surface area contributed by atoms with Crippen LogP contribution in [0.2, 0.25) is 0 Å². The topological polar surface area (TPSA) is 77.5 Å². The second kappa shape index (κ2) is 6.78. The molecule has 0 saturated carbocycles. The Morgan fingerprint density at radius 1 is 1.43 bits per heavy atom. The number of rotatable bonds is 7. The third-order valence-electron chi connectivity index (χ3n) is 3.19. The maximum Gasteiger partial charge on any atom is 0.312 e. The normalized spacial score (nSPS) is 11.9. The number of furan rings is 1. The minimum absolute atomic E-state index is 0.0410. The Bertz CT molecular complexity index is 596. The minimum atomic E-state index is -0.447. The summed E-state index contributed by atoms with van der Waals surface area (Å²) in [4.78, 5) is 10.5. The van der Waals surface area contributed by atoms with E-state index in [1.165, 1.54) is 13.2 Å². The SMILES string of the molecule is COc1ccc(NC(C)CCc2ccco2)cc1[N+](=O)[O-]. The molecule has 2 rings (SSSR count). The summed E-state index contributed by atoms with van der Waals surface area (Å²) >= 11 is 0. The second-order valence-corrected chi connectivity index (χ2v) is 4.81. The largest absolute Gasteiger partial charge is 0.490 e. The number of ether oxygens (including phenoxy) is 1. The van der Waals surface area contributed by atoms with Crippen LogP contribution in [0.25, 0.3) is 0 Å². The number of benzene rings is 1. The molecule has 1 atom stereocenters. The maximum atomic E-state index is 11.0. The maximum absolute atomic E-state index is 11.0. The summed E-state index contributed by atoms with van der Waals surface area (Å²) in [6, 6.07) is 8.82. The van der Waals surface area contributed by atoms with Gasteiger partial charge in [-0.3, -0.25) is 10.1 Å². The molecule has 0 aliphatic carbocycles. The fraction of sp³-hybridized carbons (Fsp3) is 0.333. The first-order valence-corrected chi connectivity index (χ1v) is 6.71. The number of methoxy groups -OCH3 is 1. The van der Waals surface area contributed by atoms with Crippen LogP contribution < -0.4 is 10.1 Å². The third-order valence-corrected chi connectivity index (χ3v) is 3.19. The smallest absolute Gasteiger partial charge is 0.312 e. The predicted molar refractivity (Wildman–Crippen MR) is 79.8 cm³/mol. The summed E-state index contributed by atoms with van der Waals surface area (Å²) < 4.78 is 10.3. The summed E-state index contributed by atoms with van der Waals surface area (Å²) in [6.45, 7) is 2.03. The van der Waals surface area contributed by atoms with E-state index in [4.69, 9.17) is 9.15 Å². The lowest BCUT2D eigenvalue weighted by molar-refractivity contribution is -0.385. The van der Waals surface area contributed by atoms with Crippen LogP contribution in [0.3, 0.4) is 0 Å². The number of nitro groups is 1. The van der Waals surface area contributed by atoms with Crippen LogP contribution in [0.15, 0.2) is 41.0 Å². The van der Waals surface area contributed by atoms with E-state index >= 15 is 0 Å². The zero-order chi connectivity index (χ0) is 15.2. The van der Waals surface area contributed by atoms with Crippen molar-refractivity contribution in [2.45, 2.75) is 25.8 Å².